The first-order chi connectivity index (χ1) is 8.19. The maximum Gasteiger partial charge on any atom is 0.228 e. The monoisotopic (exact) mass is 233 g/mol. The van der Waals surface area contributed by atoms with Crippen LogP contribution < -0.4 is 11.1 Å². The minimum atomic E-state index is 0.113. The number of rotatable bonds is 3. The largest absolute Gasteiger partial charge is 0.326 e. The van der Waals surface area contributed by atoms with Gasteiger partial charge in [0.1, 0.15) is 0 Å². The van der Waals surface area contributed by atoms with E-state index in [1.54, 1.807) is 0 Å². The summed E-state index contributed by atoms with van der Waals surface area (Å²) in [5.41, 5.74) is 7.44. The van der Waals surface area contributed by atoms with Gasteiger partial charge in [-0.2, -0.15) is 0 Å². The number of likely N-dealkylation sites (tertiary alicyclic amines) is 1. The minimum absolute atomic E-state index is 0.113. The van der Waals surface area contributed by atoms with E-state index in [9.17, 15) is 4.79 Å². The number of amides is 1. The van der Waals surface area contributed by atoms with Gasteiger partial charge in [-0.3, -0.25) is 4.79 Å². The number of carbonyl (C=O) groups is 1. The van der Waals surface area contributed by atoms with Crippen molar-refractivity contribution < 1.29 is 4.79 Å². The third-order valence-electron chi connectivity index (χ3n) is 3.19. The molecule has 1 fully saturated rings. The number of nitrogens with zero attached hydrogens (tertiary/aromatic N) is 1. The maximum atomic E-state index is 12.0. The van der Waals surface area contributed by atoms with Crippen LogP contribution in [0, 0.1) is 5.92 Å². The zero-order valence-electron chi connectivity index (χ0n) is 10.1. The number of anilines is 1. The third kappa shape index (κ3) is 3.05. The SMILES string of the molecule is CN1CCC(C(=O)Nc2cccc(CN)c2)C1. The van der Waals surface area contributed by atoms with E-state index in [-0.39, 0.29) is 11.8 Å². The average molecular weight is 233 g/mol. The number of hydrogen-bond acceptors (Lipinski definition) is 3. The molecular formula is C13H19N3O. The van der Waals surface area contributed by atoms with Crippen LogP contribution in [0.2, 0.25) is 0 Å². The zero-order chi connectivity index (χ0) is 12.3. The first-order valence-corrected chi connectivity index (χ1v) is 5.97. The Morgan fingerprint density at radius 3 is 3.06 bits per heavy atom. The molecule has 0 aliphatic carbocycles. The molecule has 1 atom stereocenters. The van der Waals surface area contributed by atoms with Crippen molar-refractivity contribution in [1.82, 2.24) is 4.90 Å². The Kier molecular flexibility index (Phi) is 3.76. The molecule has 0 bridgehead atoms. The smallest absolute Gasteiger partial charge is 0.228 e. The van der Waals surface area contributed by atoms with Gasteiger partial charge in [-0.15, -0.1) is 0 Å². The lowest BCUT2D eigenvalue weighted by Crippen LogP contribution is -2.25. The predicted molar refractivity (Wildman–Crippen MR) is 68.6 cm³/mol. The van der Waals surface area contributed by atoms with E-state index in [4.69, 9.17) is 5.73 Å². The van der Waals surface area contributed by atoms with E-state index in [0.29, 0.717) is 6.54 Å². The fourth-order valence-electron chi connectivity index (χ4n) is 2.17. The van der Waals surface area contributed by atoms with Crippen molar-refractivity contribution in [3.8, 4) is 0 Å². The summed E-state index contributed by atoms with van der Waals surface area (Å²) >= 11 is 0. The highest BCUT2D eigenvalue weighted by Gasteiger charge is 2.25. The van der Waals surface area contributed by atoms with Gasteiger partial charge in [0.25, 0.3) is 0 Å². The summed E-state index contributed by atoms with van der Waals surface area (Å²) in [5.74, 6) is 0.227. The topological polar surface area (TPSA) is 58.4 Å². The third-order valence-corrected chi connectivity index (χ3v) is 3.19. The Morgan fingerprint density at radius 2 is 2.41 bits per heavy atom. The Bertz CT molecular complexity index is 405. The Hall–Kier alpha value is -1.39. The van der Waals surface area contributed by atoms with Crippen molar-refractivity contribution in [3.05, 3.63) is 29.8 Å². The van der Waals surface area contributed by atoms with Crippen LogP contribution in [0.4, 0.5) is 5.69 Å². The molecule has 92 valence electrons. The molecule has 1 aliphatic rings. The van der Waals surface area contributed by atoms with Gasteiger partial charge in [-0.25, -0.2) is 0 Å². The molecule has 0 spiro atoms. The summed E-state index contributed by atoms with van der Waals surface area (Å²) in [6.07, 6.45) is 0.943. The van der Waals surface area contributed by atoms with Crippen molar-refractivity contribution >= 4 is 11.6 Å². The lowest BCUT2D eigenvalue weighted by atomic mass is 10.1. The van der Waals surface area contributed by atoms with Crippen LogP contribution in [0.15, 0.2) is 24.3 Å². The van der Waals surface area contributed by atoms with Gasteiger partial charge >= 0.3 is 0 Å². The van der Waals surface area contributed by atoms with Crippen LogP contribution in [-0.4, -0.2) is 30.9 Å². The van der Waals surface area contributed by atoms with Gasteiger partial charge < -0.3 is 16.0 Å². The van der Waals surface area contributed by atoms with Crippen LogP contribution >= 0.6 is 0 Å². The predicted octanol–water partition coefficient (Wildman–Crippen LogP) is 1.04. The molecule has 1 aliphatic heterocycles. The second-order valence-electron chi connectivity index (χ2n) is 4.64. The molecule has 0 radical (unpaired) electrons. The van der Waals surface area contributed by atoms with Crippen LogP contribution in [0.3, 0.4) is 0 Å². The highest BCUT2D eigenvalue weighted by molar-refractivity contribution is 5.92. The molecule has 0 aromatic heterocycles. The molecule has 1 heterocycles. The molecule has 1 unspecified atom stereocenters. The molecular weight excluding hydrogens is 214 g/mol. The minimum Gasteiger partial charge on any atom is -0.326 e. The summed E-state index contributed by atoms with van der Waals surface area (Å²) in [5, 5.41) is 2.96. The van der Waals surface area contributed by atoms with Gasteiger partial charge in [0, 0.05) is 18.8 Å². The number of benzene rings is 1. The van der Waals surface area contributed by atoms with E-state index in [1.807, 2.05) is 31.3 Å². The van der Waals surface area contributed by atoms with E-state index >= 15 is 0 Å². The maximum absolute atomic E-state index is 12.0. The summed E-state index contributed by atoms with van der Waals surface area (Å²) in [4.78, 5) is 14.2. The van der Waals surface area contributed by atoms with E-state index in [1.165, 1.54) is 0 Å². The van der Waals surface area contributed by atoms with Crippen LogP contribution in [0.25, 0.3) is 0 Å². The van der Waals surface area contributed by atoms with Crippen LogP contribution in [0.1, 0.15) is 12.0 Å². The summed E-state index contributed by atoms with van der Waals surface area (Å²) < 4.78 is 0. The standard InChI is InChI=1S/C13H19N3O/c1-16-6-5-11(9-16)13(17)15-12-4-2-3-10(7-12)8-14/h2-4,7,11H,5-6,8-9,14H2,1H3,(H,15,17). The number of nitrogens with one attached hydrogen (secondary N) is 1. The molecule has 4 nitrogen and oxygen atoms in total. The van der Waals surface area contributed by atoms with Crippen molar-refractivity contribution in [3.63, 3.8) is 0 Å². The molecule has 4 heteroatoms. The number of nitrogens with two attached hydrogens (primary N) is 1. The van der Waals surface area contributed by atoms with Gasteiger partial charge in [-0.1, -0.05) is 12.1 Å². The zero-order valence-corrected chi connectivity index (χ0v) is 10.1. The fourth-order valence-corrected chi connectivity index (χ4v) is 2.17. The van der Waals surface area contributed by atoms with Crippen molar-refractivity contribution in [1.29, 1.82) is 0 Å². The summed E-state index contributed by atoms with van der Waals surface area (Å²) in [6, 6.07) is 7.70. The second kappa shape index (κ2) is 5.29. The molecule has 3 N–H and O–H groups in total. The molecule has 1 amide bonds. The number of carbonyl (C=O) groups excluding carboxylic acids is 1. The van der Waals surface area contributed by atoms with E-state index in [0.717, 1.165) is 30.8 Å². The molecule has 1 aromatic carbocycles. The Morgan fingerprint density at radius 1 is 1.59 bits per heavy atom. The quantitative estimate of drug-likeness (QED) is 0.820. The highest BCUT2D eigenvalue weighted by Crippen LogP contribution is 2.17. The molecule has 1 saturated heterocycles. The van der Waals surface area contributed by atoms with Crippen LogP contribution in [0.5, 0.6) is 0 Å². The Balaban J connectivity index is 1.98. The molecule has 2 rings (SSSR count). The average Bonchev–Trinajstić information content (AvgIpc) is 2.76. The molecule has 0 saturated carbocycles. The van der Waals surface area contributed by atoms with Crippen molar-refractivity contribution in [2.75, 3.05) is 25.5 Å². The number of hydrogen-bond donors (Lipinski definition) is 2. The summed E-state index contributed by atoms with van der Waals surface area (Å²) in [7, 11) is 2.04. The van der Waals surface area contributed by atoms with E-state index in [2.05, 4.69) is 10.2 Å². The lowest BCUT2D eigenvalue weighted by Gasteiger charge is -2.11. The molecule has 1 aromatic rings. The second-order valence-corrected chi connectivity index (χ2v) is 4.64. The van der Waals surface area contributed by atoms with Crippen molar-refractivity contribution in [2.45, 2.75) is 13.0 Å². The van der Waals surface area contributed by atoms with E-state index < -0.39 is 0 Å². The first kappa shape index (κ1) is 12.1. The van der Waals surface area contributed by atoms with Gasteiger partial charge in [-0.05, 0) is 37.7 Å². The molecule has 17 heavy (non-hydrogen) atoms. The van der Waals surface area contributed by atoms with Gasteiger partial charge in [0.05, 0.1) is 5.92 Å². The van der Waals surface area contributed by atoms with Crippen LogP contribution in [-0.2, 0) is 11.3 Å². The fraction of sp³-hybridized carbons (Fsp3) is 0.462. The summed E-state index contributed by atoms with van der Waals surface area (Å²) in [6.45, 7) is 2.35. The van der Waals surface area contributed by atoms with Gasteiger partial charge in [0.2, 0.25) is 5.91 Å². The Labute approximate surface area is 102 Å². The highest BCUT2D eigenvalue weighted by atomic mass is 16.1. The normalized spacial score (nSPS) is 20.5. The van der Waals surface area contributed by atoms with Crippen molar-refractivity contribution in [2.24, 2.45) is 11.7 Å². The lowest BCUT2D eigenvalue weighted by molar-refractivity contribution is -0.119. The van der Waals surface area contributed by atoms with Gasteiger partial charge in [0.15, 0.2) is 0 Å². The first-order valence-electron chi connectivity index (χ1n) is 5.97.